The number of phosphoric ester groups is 1. The molecule has 0 aliphatic carbocycles. The second-order valence-electron chi connectivity index (χ2n) is 13.1. The van der Waals surface area contributed by atoms with Crippen molar-refractivity contribution < 1.29 is 28.4 Å². The van der Waals surface area contributed by atoms with Gasteiger partial charge in [0.2, 0.25) is 5.91 Å². The van der Waals surface area contributed by atoms with Gasteiger partial charge in [-0.2, -0.15) is 0 Å². The van der Waals surface area contributed by atoms with Gasteiger partial charge in [-0.3, -0.25) is 13.8 Å². The molecule has 0 rings (SSSR count). The lowest BCUT2D eigenvalue weighted by molar-refractivity contribution is -0.123. The maximum absolute atomic E-state index is 12.7. The van der Waals surface area contributed by atoms with Gasteiger partial charge in [-0.25, -0.2) is 4.57 Å². The smallest absolute Gasteiger partial charge is 0.387 e. The van der Waals surface area contributed by atoms with Crippen LogP contribution in [0.5, 0.6) is 0 Å². The number of aliphatic hydroxyl groups is 1. The number of phosphoric acid groups is 1. The molecule has 294 valence electrons. The number of nitrogens with one attached hydrogen (secondary N) is 1. The highest BCUT2D eigenvalue weighted by Gasteiger charge is 2.26. The molecular formula is C42H75N2O6P. The fraction of sp³-hybridized carbons (Fsp3) is 0.690. The molecule has 0 aliphatic rings. The van der Waals surface area contributed by atoms with E-state index < -0.39 is 20.0 Å². The number of unbranched alkanes of at least 4 members (excludes halogenated alkanes) is 14. The molecule has 51 heavy (non-hydrogen) atoms. The van der Waals surface area contributed by atoms with Crippen molar-refractivity contribution in [1.82, 2.24) is 5.32 Å². The summed E-state index contributed by atoms with van der Waals surface area (Å²) in [6.07, 6.45) is 48.1. The summed E-state index contributed by atoms with van der Waals surface area (Å²) in [4.78, 5) is 22.6. The maximum atomic E-state index is 12.7. The second-order valence-corrected chi connectivity index (χ2v) is 14.5. The highest BCUT2D eigenvalue weighted by molar-refractivity contribution is 7.47. The van der Waals surface area contributed by atoms with E-state index in [1.807, 2.05) is 6.08 Å². The number of hydrogen-bond donors (Lipinski definition) is 4. The number of rotatable bonds is 36. The molecule has 3 atom stereocenters. The number of amides is 1. The van der Waals surface area contributed by atoms with Gasteiger partial charge in [0.1, 0.15) is 0 Å². The van der Waals surface area contributed by atoms with E-state index in [1.165, 1.54) is 64.2 Å². The lowest BCUT2D eigenvalue weighted by atomic mass is 10.1. The Labute approximate surface area is 312 Å². The quantitative estimate of drug-likeness (QED) is 0.0286. The minimum absolute atomic E-state index is 0.0633. The molecular weight excluding hydrogens is 659 g/mol. The molecule has 1 amide bonds. The molecule has 9 heteroatoms. The van der Waals surface area contributed by atoms with E-state index in [1.54, 1.807) is 6.08 Å². The Morgan fingerprint density at radius 2 is 1.16 bits per heavy atom. The summed E-state index contributed by atoms with van der Waals surface area (Å²) < 4.78 is 22.0. The topological polar surface area (TPSA) is 131 Å². The third kappa shape index (κ3) is 36.1. The predicted octanol–water partition coefficient (Wildman–Crippen LogP) is 10.9. The van der Waals surface area contributed by atoms with Gasteiger partial charge in [0, 0.05) is 13.0 Å². The van der Waals surface area contributed by atoms with Crippen molar-refractivity contribution in [3.63, 3.8) is 0 Å². The molecule has 0 aromatic carbocycles. The van der Waals surface area contributed by atoms with E-state index in [0.29, 0.717) is 12.8 Å². The molecule has 0 spiro atoms. The summed E-state index contributed by atoms with van der Waals surface area (Å²) in [5.74, 6) is -0.241. The molecule has 0 aliphatic heterocycles. The lowest BCUT2D eigenvalue weighted by Crippen LogP contribution is -2.45. The largest absolute Gasteiger partial charge is 0.472 e. The highest BCUT2D eigenvalue weighted by atomic mass is 31.2. The standard InChI is InChI=1S/C42H75N2O6P/c1-3-5-7-9-11-13-15-17-18-19-20-21-22-24-25-27-29-31-33-35-41(45)40(39-50-51(47,48)49-38-37-43)44-42(46)36-34-32-30-28-26-23-16-14-12-10-8-6-4-2/h6,8,12,14,20-21,23,25-27,33,35,40-41,45H,3-5,7,9-11,13,15-19,22,24,28-32,34,36-39,43H2,1-2H3,(H,44,46)(H,47,48)/b8-6-,14-12-,21-20+,26-23-,27-25+,35-33+. The first-order chi connectivity index (χ1) is 24.9. The van der Waals surface area contributed by atoms with Gasteiger partial charge in [-0.1, -0.05) is 145 Å². The van der Waals surface area contributed by atoms with E-state index >= 15 is 0 Å². The predicted molar refractivity (Wildman–Crippen MR) is 216 cm³/mol. The molecule has 0 saturated heterocycles. The first-order valence-corrected chi connectivity index (χ1v) is 21.6. The maximum Gasteiger partial charge on any atom is 0.472 e. The van der Waals surface area contributed by atoms with Crippen LogP contribution in [0.25, 0.3) is 0 Å². The molecule has 0 bridgehead atoms. The highest BCUT2D eigenvalue weighted by Crippen LogP contribution is 2.43. The Bertz CT molecular complexity index is 1020. The fourth-order valence-electron chi connectivity index (χ4n) is 5.23. The van der Waals surface area contributed by atoms with Crippen LogP contribution in [0.2, 0.25) is 0 Å². The monoisotopic (exact) mass is 735 g/mol. The Morgan fingerprint density at radius 3 is 1.75 bits per heavy atom. The summed E-state index contributed by atoms with van der Waals surface area (Å²) in [7, 11) is -4.36. The summed E-state index contributed by atoms with van der Waals surface area (Å²) >= 11 is 0. The third-order valence-corrected chi connectivity index (χ3v) is 9.23. The third-order valence-electron chi connectivity index (χ3n) is 8.24. The van der Waals surface area contributed by atoms with Crippen LogP contribution < -0.4 is 11.1 Å². The van der Waals surface area contributed by atoms with Gasteiger partial charge < -0.3 is 21.1 Å². The minimum atomic E-state index is -4.36. The molecule has 0 heterocycles. The van der Waals surface area contributed by atoms with Crippen LogP contribution in [0.15, 0.2) is 72.9 Å². The van der Waals surface area contributed by atoms with Crippen molar-refractivity contribution in [3.8, 4) is 0 Å². The number of allylic oxidation sites excluding steroid dienone is 11. The van der Waals surface area contributed by atoms with Gasteiger partial charge in [0.05, 0.1) is 25.4 Å². The number of nitrogens with two attached hydrogens (primary N) is 1. The van der Waals surface area contributed by atoms with E-state index in [9.17, 15) is 19.4 Å². The zero-order chi connectivity index (χ0) is 37.5. The van der Waals surface area contributed by atoms with Gasteiger partial charge in [0.25, 0.3) is 0 Å². The number of aliphatic hydroxyl groups excluding tert-OH is 1. The van der Waals surface area contributed by atoms with Crippen molar-refractivity contribution in [2.75, 3.05) is 19.8 Å². The normalized spacial score (nSPS) is 15.0. The molecule has 0 fully saturated rings. The Hall–Kier alpha value is -2.06. The van der Waals surface area contributed by atoms with Crippen molar-refractivity contribution in [2.24, 2.45) is 5.73 Å². The zero-order valence-electron chi connectivity index (χ0n) is 32.3. The molecule has 0 aromatic rings. The SMILES string of the molecule is CC/C=C\C/C=C\C/C=C\CCCCCC(=O)NC(COP(=O)(O)OCCN)C(O)/C=C/CC/C=C/CC/C=C/CCCCCCCCCCC. The summed E-state index contributed by atoms with van der Waals surface area (Å²) in [6, 6.07) is -0.901. The molecule has 3 unspecified atom stereocenters. The summed E-state index contributed by atoms with van der Waals surface area (Å²) in [6.45, 7) is 3.94. The molecule has 0 aromatic heterocycles. The number of carbonyl (C=O) groups excluding carboxylic acids is 1. The average molecular weight is 735 g/mol. The molecule has 0 radical (unpaired) electrons. The van der Waals surface area contributed by atoms with Crippen LogP contribution in [0.3, 0.4) is 0 Å². The minimum Gasteiger partial charge on any atom is -0.387 e. The first kappa shape index (κ1) is 48.9. The average Bonchev–Trinajstić information content (AvgIpc) is 3.12. The van der Waals surface area contributed by atoms with E-state index in [4.69, 9.17) is 14.8 Å². The Morgan fingerprint density at radius 1 is 0.667 bits per heavy atom. The van der Waals surface area contributed by atoms with E-state index in [-0.39, 0.29) is 25.7 Å². The number of carbonyl (C=O) groups is 1. The van der Waals surface area contributed by atoms with Crippen molar-refractivity contribution >= 4 is 13.7 Å². The Kier molecular flexibility index (Phi) is 36.2. The molecule has 8 nitrogen and oxygen atoms in total. The van der Waals surface area contributed by atoms with Crippen LogP contribution in [0, 0.1) is 0 Å². The van der Waals surface area contributed by atoms with Gasteiger partial charge in [0.15, 0.2) is 0 Å². The van der Waals surface area contributed by atoms with Crippen LogP contribution >= 0.6 is 7.82 Å². The van der Waals surface area contributed by atoms with Crippen LogP contribution in [-0.2, 0) is 18.4 Å². The van der Waals surface area contributed by atoms with Crippen LogP contribution in [-0.4, -0.2) is 47.8 Å². The summed E-state index contributed by atoms with van der Waals surface area (Å²) in [5, 5.41) is 13.6. The first-order valence-electron chi connectivity index (χ1n) is 20.1. The van der Waals surface area contributed by atoms with Gasteiger partial charge in [-0.15, -0.1) is 0 Å². The second kappa shape index (κ2) is 37.7. The van der Waals surface area contributed by atoms with Crippen molar-refractivity contribution in [2.45, 2.75) is 167 Å². The van der Waals surface area contributed by atoms with Crippen LogP contribution in [0.1, 0.15) is 155 Å². The summed E-state index contributed by atoms with van der Waals surface area (Å²) in [5.41, 5.74) is 5.35. The fourth-order valence-corrected chi connectivity index (χ4v) is 5.99. The van der Waals surface area contributed by atoms with Crippen molar-refractivity contribution in [1.29, 1.82) is 0 Å². The Balaban J connectivity index is 4.41. The number of hydrogen-bond acceptors (Lipinski definition) is 6. The van der Waals surface area contributed by atoms with Gasteiger partial charge in [-0.05, 0) is 77.0 Å². The lowest BCUT2D eigenvalue weighted by Gasteiger charge is -2.23. The van der Waals surface area contributed by atoms with Crippen LogP contribution in [0.4, 0.5) is 0 Å². The molecule has 0 saturated carbocycles. The zero-order valence-corrected chi connectivity index (χ0v) is 33.2. The van der Waals surface area contributed by atoms with Gasteiger partial charge >= 0.3 is 7.82 Å². The van der Waals surface area contributed by atoms with E-state index in [2.05, 4.69) is 79.9 Å². The van der Waals surface area contributed by atoms with Crippen molar-refractivity contribution in [3.05, 3.63) is 72.9 Å². The molecule has 5 N–H and O–H groups in total. The van der Waals surface area contributed by atoms with E-state index in [0.717, 1.165) is 64.2 Å².